The Balaban J connectivity index is 1.47. The van der Waals surface area contributed by atoms with Crippen molar-refractivity contribution in [2.75, 3.05) is 4.90 Å². The molecule has 3 aromatic rings. The number of hydrogen-bond donors (Lipinski definition) is 2. The van der Waals surface area contributed by atoms with Crippen molar-refractivity contribution < 1.29 is 5.11 Å². The summed E-state index contributed by atoms with van der Waals surface area (Å²) in [6.45, 7) is 0. The summed E-state index contributed by atoms with van der Waals surface area (Å²) >= 11 is 1.68. The molecule has 0 amide bonds. The number of pyridine rings is 1. The van der Waals surface area contributed by atoms with E-state index in [0.29, 0.717) is 23.9 Å². The average molecular weight is 402 g/mol. The molecule has 2 unspecified atom stereocenters. The van der Waals surface area contributed by atoms with E-state index in [1.807, 2.05) is 18.3 Å². The Morgan fingerprint density at radius 3 is 2.62 bits per heavy atom. The highest BCUT2D eigenvalue weighted by Crippen LogP contribution is 2.54. The lowest BCUT2D eigenvalue weighted by atomic mass is 9.96. The van der Waals surface area contributed by atoms with E-state index in [4.69, 9.17) is 0 Å². The summed E-state index contributed by atoms with van der Waals surface area (Å²) in [5.74, 6) is 0.367. The lowest BCUT2D eigenvalue weighted by Crippen LogP contribution is -2.47. The van der Waals surface area contributed by atoms with Gasteiger partial charge in [-0.2, -0.15) is 0 Å². The predicted molar refractivity (Wildman–Crippen MR) is 117 cm³/mol. The van der Waals surface area contributed by atoms with Gasteiger partial charge in [0.15, 0.2) is 0 Å². The Hall–Kier alpha value is -2.50. The van der Waals surface area contributed by atoms with Crippen molar-refractivity contribution in [2.45, 2.75) is 53.6 Å². The van der Waals surface area contributed by atoms with Crippen LogP contribution in [0.3, 0.4) is 0 Å². The molecule has 29 heavy (non-hydrogen) atoms. The molecule has 0 saturated carbocycles. The molecule has 6 rings (SSSR count). The Bertz CT molecular complexity index is 1060. The molecule has 2 N–H and O–H groups in total. The summed E-state index contributed by atoms with van der Waals surface area (Å²) in [7, 11) is 0. The van der Waals surface area contributed by atoms with Crippen molar-refractivity contribution in [3.8, 4) is 16.9 Å². The van der Waals surface area contributed by atoms with Crippen LogP contribution < -0.4 is 10.2 Å². The number of aromatic nitrogens is 1. The van der Waals surface area contributed by atoms with Gasteiger partial charge in [-0.3, -0.25) is 4.98 Å². The average Bonchev–Trinajstić information content (AvgIpc) is 3.10. The SMILES string of the molecule is Oc1cccc2c1Sc1cc(-c3cccnc3)ccc1N2C1CC2CCC(C1)N2. The topological polar surface area (TPSA) is 48.4 Å². The lowest BCUT2D eigenvalue weighted by molar-refractivity contribution is 0.358. The van der Waals surface area contributed by atoms with E-state index in [2.05, 4.69) is 45.5 Å². The Morgan fingerprint density at radius 1 is 0.966 bits per heavy atom. The second-order valence-electron chi connectivity index (χ2n) is 8.28. The van der Waals surface area contributed by atoms with Crippen molar-refractivity contribution in [2.24, 2.45) is 0 Å². The quantitative estimate of drug-likeness (QED) is 0.607. The molecule has 2 saturated heterocycles. The van der Waals surface area contributed by atoms with Gasteiger partial charge in [-0.15, -0.1) is 0 Å². The minimum atomic E-state index is 0.367. The maximum absolute atomic E-state index is 10.6. The summed E-state index contributed by atoms with van der Waals surface area (Å²) in [6.07, 6.45) is 8.58. The van der Waals surface area contributed by atoms with Crippen molar-refractivity contribution in [3.05, 3.63) is 60.9 Å². The van der Waals surface area contributed by atoms with E-state index < -0.39 is 0 Å². The number of aromatic hydroxyl groups is 1. The van der Waals surface area contributed by atoms with E-state index >= 15 is 0 Å². The molecule has 4 nitrogen and oxygen atoms in total. The van der Waals surface area contributed by atoms with Gasteiger partial charge in [-0.25, -0.2) is 0 Å². The Morgan fingerprint density at radius 2 is 1.83 bits per heavy atom. The van der Waals surface area contributed by atoms with E-state index in [0.717, 1.165) is 34.6 Å². The molecule has 3 aliphatic rings. The monoisotopic (exact) mass is 401 g/mol. The predicted octanol–water partition coefficient (Wildman–Crippen LogP) is 5.34. The zero-order valence-electron chi connectivity index (χ0n) is 16.1. The Kier molecular flexibility index (Phi) is 4.06. The molecule has 0 aliphatic carbocycles. The van der Waals surface area contributed by atoms with Gasteiger partial charge in [0.2, 0.25) is 0 Å². The molecule has 2 aromatic carbocycles. The number of nitrogens with zero attached hydrogens (tertiary/aromatic N) is 2. The van der Waals surface area contributed by atoms with Crippen LogP contribution >= 0.6 is 11.8 Å². The number of nitrogens with one attached hydrogen (secondary N) is 1. The molecular formula is C24H23N3OS. The number of fused-ring (bicyclic) bond motifs is 4. The molecule has 0 radical (unpaired) electrons. The highest BCUT2D eigenvalue weighted by Gasteiger charge is 2.39. The molecule has 0 spiro atoms. The van der Waals surface area contributed by atoms with Gasteiger partial charge in [0.25, 0.3) is 0 Å². The molecule has 1 aromatic heterocycles. The smallest absolute Gasteiger partial charge is 0.131 e. The summed E-state index contributed by atoms with van der Waals surface area (Å²) in [5, 5.41) is 14.4. The van der Waals surface area contributed by atoms with Crippen LogP contribution in [0.4, 0.5) is 11.4 Å². The van der Waals surface area contributed by atoms with Gasteiger partial charge in [0.1, 0.15) is 5.75 Å². The normalized spacial score (nSPS) is 24.8. The molecular weight excluding hydrogens is 378 g/mol. The van der Waals surface area contributed by atoms with Crippen LogP contribution in [0.2, 0.25) is 0 Å². The van der Waals surface area contributed by atoms with Crippen molar-refractivity contribution in [3.63, 3.8) is 0 Å². The first-order valence-electron chi connectivity index (χ1n) is 10.4. The summed E-state index contributed by atoms with van der Waals surface area (Å²) < 4.78 is 0. The molecule has 2 atom stereocenters. The number of piperidine rings is 1. The van der Waals surface area contributed by atoms with Crippen LogP contribution in [0.1, 0.15) is 25.7 Å². The zero-order chi connectivity index (χ0) is 19.4. The summed E-state index contributed by atoms with van der Waals surface area (Å²) in [6, 6.07) is 18.4. The molecule has 5 heteroatoms. The highest BCUT2D eigenvalue weighted by atomic mass is 32.2. The van der Waals surface area contributed by atoms with Crippen molar-refractivity contribution in [1.29, 1.82) is 0 Å². The third-order valence-electron chi connectivity index (χ3n) is 6.47. The zero-order valence-corrected chi connectivity index (χ0v) is 16.9. The number of benzene rings is 2. The van der Waals surface area contributed by atoms with Crippen LogP contribution in [0.25, 0.3) is 11.1 Å². The largest absolute Gasteiger partial charge is 0.507 e. The fraction of sp³-hybridized carbons (Fsp3) is 0.292. The fourth-order valence-corrected chi connectivity index (χ4v) is 6.31. The van der Waals surface area contributed by atoms with Crippen LogP contribution in [-0.4, -0.2) is 28.2 Å². The lowest BCUT2D eigenvalue weighted by Gasteiger charge is -2.42. The van der Waals surface area contributed by atoms with Crippen LogP contribution in [0.15, 0.2) is 70.7 Å². The molecule has 4 heterocycles. The standard InChI is InChI=1S/C24H23N3OS/c28-22-5-1-4-21-24(22)29-23-11-15(16-3-2-10-25-14-16)6-9-20(23)27(21)19-12-17-7-8-18(13-19)26-17/h1-6,9-11,14,17-19,26,28H,7-8,12-13H2. The van der Waals surface area contributed by atoms with Gasteiger partial charge in [0, 0.05) is 41.0 Å². The molecule has 146 valence electrons. The van der Waals surface area contributed by atoms with Gasteiger partial charge in [-0.1, -0.05) is 30.0 Å². The van der Waals surface area contributed by atoms with E-state index in [1.54, 1.807) is 24.0 Å². The minimum Gasteiger partial charge on any atom is -0.507 e. The first-order valence-corrected chi connectivity index (χ1v) is 11.2. The second-order valence-corrected chi connectivity index (χ2v) is 9.34. The van der Waals surface area contributed by atoms with Crippen LogP contribution in [-0.2, 0) is 0 Å². The number of hydrogen-bond acceptors (Lipinski definition) is 5. The van der Waals surface area contributed by atoms with Crippen LogP contribution in [0.5, 0.6) is 5.75 Å². The second kappa shape index (κ2) is 6.78. The van der Waals surface area contributed by atoms with Gasteiger partial charge >= 0.3 is 0 Å². The maximum atomic E-state index is 10.6. The number of phenols is 1. The molecule has 2 fully saturated rings. The van der Waals surface area contributed by atoms with Gasteiger partial charge < -0.3 is 15.3 Å². The molecule has 2 bridgehead atoms. The maximum Gasteiger partial charge on any atom is 0.131 e. The fourth-order valence-electron chi connectivity index (χ4n) is 5.19. The van der Waals surface area contributed by atoms with Gasteiger partial charge in [0.05, 0.1) is 16.3 Å². The van der Waals surface area contributed by atoms with Crippen LogP contribution in [0, 0.1) is 0 Å². The first kappa shape index (κ1) is 17.4. The summed E-state index contributed by atoms with van der Waals surface area (Å²) in [5.41, 5.74) is 4.67. The highest BCUT2D eigenvalue weighted by molar-refractivity contribution is 7.99. The Labute approximate surface area is 175 Å². The van der Waals surface area contributed by atoms with Crippen molar-refractivity contribution >= 4 is 23.1 Å². The number of phenolic OH excluding ortho intramolecular Hbond substituents is 1. The minimum absolute atomic E-state index is 0.367. The van der Waals surface area contributed by atoms with E-state index in [-0.39, 0.29) is 0 Å². The van der Waals surface area contributed by atoms with E-state index in [1.165, 1.54) is 23.4 Å². The van der Waals surface area contributed by atoms with Gasteiger partial charge in [-0.05, 0) is 61.6 Å². The first-order chi connectivity index (χ1) is 14.3. The third-order valence-corrected chi connectivity index (χ3v) is 7.64. The summed E-state index contributed by atoms with van der Waals surface area (Å²) in [4.78, 5) is 8.94. The number of rotatable bonds is 2. The van der Waals surface area contributed by atoms with E-state index in [9.17, 15) is 5.11 Å². The van der Waals surface area contributed by atoms with Crippen molar-refractivity contribution in [1.82, 2.24) is 10.3 Å². The molecule has 3 aliphatic heterocycles. The number of anilines is 2. The third kappa shape index (κ3) is 2.92.